The van der Waals surface area contributed by atoms with Crippen molar-refractivity contribution in [3.8, 4) is 0 Å². The number of benzene rings is 1. The molecule has 10 heavy (non-hydrogen) atoms. The maximum atomic E-state index is 8.12. The molecule has 0 saturated carbocycles. The van der Waals surface area contributed by atoms with Crippen LogP contribution in [-0.4, -0.2) is 11.4 Å². The van der Waals surface area contributed by atoms with Crippen LogP contribution < -0.4 is 5.73 Å². The molecule has 1 radical (unpaired) electrons. The molecule has 3 nitrogen and oxygen atoms in total. The van der Waals surface area contributed by atoms with Gasteiger partial charge in [-0.05, 0) is 18.2 Å². The summed E-state index contributed by atoms with van der Waals surface area (Å²) in [4.78, 5) is 0. The number of hydrogen-bond donors (Lipinski definition) is 2. The maximum Gasteiger partial charge on any atom is 0.0740 e. The van der Waals surface area contributed by atoms with Crippen molar-refractivity contribution >= 4 is 11.9 Å². The first-order valence-electron chi connectivity index (χ1n) is 2.77. The molecule has 3 heteroatoms. The third-order valence-electron chi connectivity index (χ3n) is 1.04. The summed E-state index contributed by atoms with van der Waals surface area (Å²) in [5.41, 5.74) is 6.73. The van der Waals surface area contributed by atoms with Crippen LogP contribution in [0.4, 0.5) is 5.69 Å². The number of anilines is 1. The van der Waals surface area contributed by atoms with E-state index in [-0.39, 0.29) is 0 Å². The van der Waals surface area contributed by atoms with Gasteiger partial charge in [0.1, 0.15) is 0 Å². The lowest BCUT2D eigenvalue weighted by Gasteiger charge is -1.91. The highest BCUT2D eigenvalue weighted by Crippen LogP contribution is 2.02. The summed E-state index contributed by atoms with van der Waals surface area (Å²) in [5.74, 6) is 0. The van der Waals surface area contributed by atoms with Crippen LogP contribution in [0.15, 0.2) is 23.4 Å². The van der Waals surface area contributed by atoms with Gasteiger partial charge in [-0.3, -0.25) is 0 Å². The first kappa shape index (κ1) is 6.61. The van der Waals surface area contributed by atoms with Gasteiger partial charge in [-0.2, -0.15) is 0 Å². The fraction of sp³-hybridized carbons (Fsp3) is 0. The van der Waals surface area contributed by atoms with E-state index in [2.05, 4.69) is 11.2 Å². The van der Waals surface area contributed by atoms with Crippen LogP contribution in [0.2, 0.25) is 0 Å². The Labute approximate surface area is 58.8 Å². The molecule has 0 unspecified atom stereocenters. The number of nitrogens with zero attached hydrogens (tertiary/aromatic N) is 1. The summed E-state index contributed by atoms with van der Waals surface area (Å²) in [5, 5.41) is 11.0. The summed E-state index contributed by atoms with van der Waals surface area (Å²) in [6.07, 6.45) is 1.27. The van der Waals surface area contributed by atoms with Gasteiger partial charge in [-0.1, -0.05) is 11.2 Å². The Balaban J connectivity index is 2.95. The topological polar surface area (TPSA) is 58.6 Å². The molecule has 0 aliphatic carbocycles. The molecule has 0 spiro atoms. The third kappa shape index (κ3) is 1.48. The molecule has 0 aromatic heterocycles. The lowest BCUT2D eigenvalue weighted by molar-refractivity contribution is 0.322. The molecule has 0 saturated heterocycles. The van der Waals surface area contributed by atoms with Crippen LogP contribution in [0.25, 0.3) is 0 Å². The number of nitrogen functional groups attached to an aromatic ring is 1. The number of nitrogens with two attached hydrogens (primary N) is 1. The predicted molar refractivity (Wildman–Crippen MR) is 39.1 cm³/mol. The first-order chi connectivity index (χ1) is 4.83. The second-order valence-electron chi connectivity index (χ2n) is 1.82. The van der Waals surface area contributed by atoms with Crippen molar-refractivity contribution in [1.82, 2.24) is 0 Å². The highest BCUT2D eigenvalue weighted by atomic mass is 16.4. The van der Waals surface area contributed by atoms with Crippen molar-refractivity contribution in [2.45, 2.75) is 0 Å². The van der Waals surface area contributed by atoms with E-state index in [4.69, 9.17) is 10.9 Å². The normalized spacial score (nSPS) is 10.4. The van der Waals surface area contributed by atoms with Gasteiger partial charge >= 0.3 is 0 Å². The minimum atomic E-state index is 0.633. The number of oxime groups is 1. The van der Waals surface area contributed by atoms with E-state index < -0.39 is 0 Å². The minimum absolute atomic E-state index is 0.633. The molecule has 3 N–H and O–H groups in total. The molecule has 0 fully saturated rings. The molecule has 0 aliphatic heterocycles. The van der Waals surface area contributed by atoms with Gasteiger partial charge in [0, 0.05) is 11.3 Å². The Morgan fingerprint density at radius 2 is 2.50 bits per heavy atom. The van der Waals surface area contributed by atoms with Gasteiger partial charge in [0.05, 0.1) is 6.21 Å². The lowest BCUT2D eigenvalue weighted by atomic mass is 10.2. The molecule has 1 aromatic rings. The van der Waals surface area contributed by atoms with Gasteiger partial charge < -0.3 is 10.9 Å². The van der Waals surface area contributed by atoms with Gasteiger partial charge in [0.2, 0.25) is 0 Å². The number of hydrogen-bond acceptors (Lipinski definition) is 3. The Hall–Kier alpha value is -1.51. The fourth-order valence-corrected chi connectivity index (χ4v) is 0.640. The van der Waals surface area contributed by atoms with Crippen molar-refractivity contribution in [1.29, 1.82) is 0 Å². The smallest absolute Gasteiger partial charge is 0.0740 e. The minimum Gasteiger partial charge on any atom is -0.411 e. The molecule has 0 bridgehead atoms. The summed E-state index contributed by atoms with van der Waals surface area (Å²) >= 11 is 0. The Kier molecular flexibility index (Phi) is 1.89. The van der Waals surface area contributed by atoms with Crippen LogP contribution in [0, 0.1) is 6.07 Å². The quantitative estimate of drug-likeness (QED) is 0.260. The molecule has 0 amide bonds. The van der Waals surface area contributed by atoms with Crippen LogP contribution >= 0.6 is 0 Å². The van der Waals surface area contributed by atoms with Crippen molar-refractivity contribution < 1.29 is 5.21 Å². The van der Waals surface area contributed by atoms with Crippen LogP contribution in [-0.2, 0) is 0 Å². The van der Waals surface area contributed by atoms with Gasteiger partial charge in [-0.25, -0.2) is 0 Å². The summed E-state index contributed by atoms with van der Waals surface area (Å²) in [7, 11) is 0. The van der Waals surface area contributed by atoms with Gasteiger partial charge in [-0.15, -0.1) is 0 Å². The zero-order chi connectivity index (χ0) is 7.40. The molecule has 1 rings (SSSR count). The van der Waals surface area contributed by atoms with E-state index in [0.29, 0.717) is 11.3 Å². The molecule has 0 heterocycles. The third-order valence-corrected chi connectivity index (χ3v) is 1.04. The summed E-state index contributed by atoms with van der Waals surface area (Å²) in [6.45, 7) is 0. The second kappa shape index (κ2) is 2.87. The lowest BCUT2D eigenvalue weighted by Crippen LogP contribution is -1.86. The average Bonchev–Trinajstić information content (AvgIpc) is 1.88. The monoisotopic (exact) mass is 135 g/mol. The highest BCUT2D eigenvalue weighted by molar-refractivity contribution is 5.80. The molecule has 0 atom stereocenters. The largest absolute Gasteiger partial charge is 0.411 e. The zero-order valence-electron chi connectivity index (χ0n) is 5.28. The fourth-order valence-electron chi connectivity index (χ4n) is 0.640. The Bertz CT molecular complexity index is 245. The summed E-state index contributed by atoms with van der Waals surface area (Å²) < 4.78 is 0. The Morgan fingerprint density at radius 3 is 3.10 bits per heavy atom. The Morgan fingerprint density at radius 1 is 1.70 bits per heavy atom. The predicted octanol–water partition coefficient (Wildman–Crippen LogP) is 0.877. The molecular formula is C7H7N2O. The standard InChI is InChI=1S/C7H7N2O/c8-7-3-1-2-6(4-7)5-9-10/h1,3-5,10H,8H2/b9-5-. The summed E-state index contributed by atoms with van der Waals surface area (Å²) in [6, 6.07) is 7.88. The number of rotatable bonds is 1. The van der Waals surface area contributed by atoms with E-state index in [1.54, 1.807) is 18.2 Å². The van der Waals surface area contributed by atoms with E-state index in [1.165, 1.54) is 6.21 Å². The first-order valence-corrected chi connectivity index (χ1v) is 2.77. The van der Waals surface area contributed by atoms with E-state index in [0.717, 1.165) is 0 Å². The molecular weight excluding hydrogens is 128 g/mol. The maximum absolute atomic E-state index is 8.12. The zero-order valence-corrected chi connectivity index (χ0v) is 5.28. The molecule has 51 valence electrons. The van der Waals surface area contributed by atoms with E-state index >= 15 is 0 Å². The van der Waals surface area contributed by atoms with Gasteiger partial charge in [0.15, 0.2) is 0 Å². The second-order valence-corrected chi connectivity index (χ2v) is 1.82. The van der Waals surface area contributed by atoms with Crippen LogP contribution in [0.1, 0.15) is 5.56 Å². The van der Waals surface area contributed by atoms with Crippen LogP contribution in [0.5, 0.6) is 0 Å². The van der Waals surface area contributed by atoms with E-state index in [9.17, 15) is 0 Å². The molecule has 1 aromatic carbocycles. The van der Waals surface area contributed by atoms with Crippen molar-refractivity contribution in [2.75, 3.05) is 5.73 Å². The SMILES string of the molecule is Nc1cc[c]c(/C=N\O)c1. The van der Waals surface area contributed by atoms with E-state index in [1.807, 2.05) is 0 Å². The average molecular weight is 135 g/mol. The highest BCUT2D eigenvalue weighted by Gasteiger charge is 1.87. The van der Waals surface area contributed by atoms with Crippen LogP contribution in [0.3, 0.4) is 0 Å². The van der Waals surface area contributed by atoms with Gasteiger partial charge in [0.25, 0.3) is 0 Å². The van der Waals surface area contributed by atoms with Crippen molar-refractivity contribution in [3.63, 3.8) is 0 Å². The molecule has 0 aliphatic rings. The van der Waals surface area contributed by atoms with Crippen molar-refractivity contribution in [3.05, 3.63) is 29.8 Å². The van der Waals surface area contributed by atoms with Crippen molar-refractivity contribution in [2.24, 2.45) is 5.16 Å².